The number of nitrogens with zero attached hydrogens (tertiary/aromatic N) is 1. The van der Waals surface area contributed by atoms with Crippen LogP contribution in [0.2, 0.25) is 0 Å². The van der Waals surface area contributed by atoms with Gasteiger partial charge in [0.2, 0.25) is 15.9 Å². The molecule has 27 heavy (non-hydrogen) atoms. The highest BCUT2D eigenvalue weighted by Gasteiger charge is 2.32. The molecular formula is C17H14ClF3N2O3S. The van der Waals surface area contributed by atoms with E-state index in [9.17, 15) is 21.6 Å². The minimum atomic E-state index is -4.60. The van der Waals surface area contributed by atoms with Crippen LogP contribution >= 0.6 is 11.6 Å². The zero-order valence-corrected chi connectivity index (χ0v) is 15.5. The summed E-state index contributed by atoms with van der Waals surface area (Å²) in [5.74, 6) is -0.253. The highest BCUT2D eigenvalue weighted by Crippen LogP contribution is 2.32. The number of hydrogen-bond acceptors (Lipinski definition) is 4. The van der Waals surface area contributed by atoms with Crippen molar-refractivity contribution in [2.75, 3.05) is 0 Å². The molecule has 5 nitrogen and oxygen atoms in total. The van der Waals surface area contributed by atoms with E-state index in [2.05, 4.69) is 9.71 Å². The van der Waals surface area contributed by atoms with Gasteiger partial charge in [-0.3, -0.25) is 0 Å². The molecule has 0 aliphatic carbocycles. The molecule has 0 aliphatic rings. The minimum Gasteiger partial charge on any atom is -0.439 e. The molecule has 1 unspecified atom stereocenters. The predicted molar refractivity (Wildman–Crippen MR) is 93.7 cm³/mol. The summed E-state index contributed by atoms with van der Waals surface area (Å²) < 4.78 is 71.7. The van der Waals surface area contributed by atoms with Gasteiger partial charge in [0.05, 0.1) is 16.5 Å². The Labute approximate surface area is 158 Å². The summed E-state index contributed by atoms with van der Waals surface area (Å²) in [6, 6.07) is 8.40. The van der Waals surface area contributed by atoms with Gasteiger partial charge in [-0.2, -0.15) is 17.9 Å². The molecule has 10 heteroatoms. The molecule has 1 N–H and O–H groups in total. The van der Waals surface area contributed by atoms with Crippen LogP contribution in [-0.2, 0) is 22.1 Å². The maximum Gasteiger partial charge on any atom is 0.416 e. The van der Waals surface area contributed by atoms with Crippen molar-refractivity contribution in [3.8, 4) is 0 Å². The van der Waals surface area contributed by atoms with Crippen molar-refractivity contribution < 1.29 is 26.0 Å². The molecule has 0 radical (unpaired) electrons. The lowest BCUT2D eigenvalue weighted by atomic mass is 10.1. The first-order chi connectivity index (χ1) is 12.6. The molecule has 1 aromatic heterocycles. The van der Waals surface area contributed by atoms with Gasteiger partial charge in [-0.25, -0.2) is 13.4 Å². The van der Waals surface area contributed by atoms with Crippen molar-refractivity contribution in [3.05, 3.63) is 59.5 Å². The molecule has 0 fully saturated rings. The lowest BCUT2D eigenvalue weighted by Gasteiger charge is -2.15. The highest BCUT2D eigenvalue weighted by molar-refractivity contribution is 7.89. The molecule has 0 spiro atoms. The van der Waals surface area contributed by atoms with Crippen LogP contribution in [0.1, 0.15) is 30.0 Å². The molecule has 0 bridgehead atoms. The number of benzene rings is 2. The molecule has 3 aromatic rings. The molecule has 0 amide bonds. The number of aromatic nitrogens is 1. The van der Waals surface area contributed by atoms with E-state index in [-0.39, 0.29) is 16.3 Å². The van der Waals surface area contributed by atoms with Crippen LogP contribution in [0.25, 0.3) is 11.1 Å². The highest BCUT2D eigenvalue weighted by atomic mass is 35.5. The van der Waals surface area contributed by atoms with Crippen molar-refractivity contribution in [2.24, 2.45) is 0 Å². The molecule has 0 saturated heterocycles. The second-order valence-electron chi connectivity index (χ2n) is 5.82. The first-order valence-corrected chi connectivity index (χ1v) is 9.77. The number of sulfonamides is 1. The second-order valence-corrected chi connectivity index (χ2v) is 7.77. The number of alkyl halides is 4. The van der Waals surface area contributed by atoms with Gasteiger partial charge >= 0.3 is 6.18 Å². The van der Waals surface area contributed by atoms with Crippen LogP contribution < -0.4 is 4.72 Å². The van der Waals surface area contributed by atoms with Crippen molar-refractivity contribution in [1.82, 2.24) is 9.71 Å². The zero-order valence-electron chi connectivity index (χ0n) is 13.9. The third-order valence-corrected chi connectivity index (χ3v) is 5.76. The molecule has 1 heterocycles. The first kappa shape index (κ1) is 19.7. The molecular weight excluding hydrogens is 405 g/mol. The van der Waals surface area contributed by atoms with Crippen molar-refractivity contribution >= 4 is 32.7 Å². The van der Waals surface area contributed by atoms with E-state index in [1.54, 1.807) is 24.3 Å². The SMILES string of the molecule is CC(NS(=O)(=O)c1ccc(C(F)(F)F)cc1CCl)c1nc2ccccc2o1. The fraction of sp³-hybridized carbons (Fsp3) is 0.235. The van der Waals surface area contributed by atoms with E-state index >= 15 is 0 Å². The largest absolute Gasteiger partial charge is 0.439 e. The van der Waals surface area contributed by atoms with E-state index in [1.165, 1.54) is 6.92 Å². The van der Waals surface area contributed by atoms with Gasteiger partial charge in [0.25, 0.3) is 0 Å². The number of rotatable bonds is 5. The molecule has 3 rings (SSSR count). The average Bonchev–Trinajstić information content (AvgIpc) is 3.04. The standard InChI is InChI=1S/C17H14ClF3N2O3S/c1-10(16-22-13-4-2-3-5-14(13)26-16)23-27(24,25)15-7-6-12(17(19,20)21)8-11(15)9-18/h2-8,10,23H,9H2,1H3. The number of nitrogens with one attached hydrogen (secondary N) is 1. The number of hydrogen-bond donors (Lipinski definition) is 1. The molecule has 2 aromatic carbocycles. The number of para-hydroxylation sites is 2. The van der Waals surface area contributed by atoms with Gasteiger partial charge in [-0.1, -0.05) is 12.1 Å². The smallest absolute Gasteiger partial charge is 0.416 e. The maximum absolute atomic E-state index is 12.8. The Morgan fingerprint density at radius 1 is 1.22 bits per heavy atom. The van der Waals surface area contributed by atoms with Crippen LogP contribution in [0, 0.1) is 0 Å². The summed E-state index contributed by atoms with van der Waals surface area (Å²) >= 11 is 5.68. The van der Waals surface area contributed by atoms with Gasteiger partial charge in [0, 0.05) is 5.88 Å². The molecule has 144 valence electrons. The van der Waals surface area contributed by atoms with Crippen molar-refractivity contribution in [3.63, 3.8) is 0 Å². The average molecular weight is 419 g/mol. The number of fused-ring (bicyclic) bond motifs is 1. The second kappa shape index (κ2) is 7.14. The Balaban J connectivity index is 1.91. The maximum atomic E-state index is 12.8. The number of oxazole rings is 1. The van der Waals surface area contributed by atoms with E-state index < -0.39 is 33.7 Å². The van der Waals surface area contributed by atoms with E-state index in [0.717, 1.165) is 12.1 Å². The van der Waals surface area contributed by atoms with Gasteiger partial charge in [-0.05, 0) is 42.8 Å². The van der Waals surface area contributed by atoms with Crippen LogP contribution in [-0.4, -0.2) is 13.4 Å². The Bertz CT molecular complexity index is 1050. The quantitative estimate of drug-likeness (QED) is 0.613. The Morgan fingerprint density at radius 3 is 2.56 bits per heavy atom. The van der Waals surface area contributed by atoms with Gasteiger partial charge < -0.3 is 4.42 Å². The first-order valence-electron chi connectivity index (χ1n) is 7.75. The third kappa shape index (κ3) is 4.10. The van der Waals surface area contributed by atoms with Crippen molar-refractivity contribution in [1.29, 1.82) is 0 Å². The summed E-state index contributed by atoms with van der Waals surface area (Å²) in [6.07, 6.45) is -4.60. The molecule has 1 atom stereocenters. The summed E-state index contributed by atoms with van der Waals surface area (Å²) in [4.78, 5) is 3.89. The van der Waals surface area contributed by atoms with E-state index in [1.807, 2.05) is 0 Å². The van der Waals surface area contributed by atoms with Crippen LogP contribution in [0.5, 0.6) is 0 Å². The van der Waals surface area contributed by atoms with Crippen molar-refractivity contribution in [2.45, 2.75) is 29.9 Å². The summed E-state index contributed by atoms with van der Waals surface area (Å²) in [5, 5.41) is 0. The van der Waals surface area contributed by atoms with E-state index in [0.29, 0.717) is 17.2 Å². The molecule has 0 aliphatic heterocycles. The lowest BCUT2D eigenvalue weighted by Crippen LogP contribution is -2.28. The monoisotopic (exact) mass is 418 g/mol. The Kier molecular flexibility index (Phi) is 5.20. The van der Waals surface area contributed by atoms with Gasteiger partial charge in [0.1, 0.15) is 5.52 Å². The minimum absolute atomic E-state index is 0.138. The van der Waals surface area contributed by atoms with Gasteiger partial charge in [0.15, 0.2) is 5.58 Å². The topological polar surface area (TPSA) is 72.2 Å². The third-order valence-electron chi connectivity index (χ3n) is 3.83. The van der Waals surface area contributed by atoms with Crippen LogP contribution in [0.15, 0.2) is 51.8 Å². The Morgan fingerprint density at radius 2 is 1.93 bits per heavy atom. The van der Waals surface area contributed by atoms with Gasteiger partial charge in [-0.15, -0.1) is 11.6 Å². The normalized spacial score (nSPS) is 13.8. The van der Waals surface area contributed by atoms with Crippen LogP contribution in [0.3, 0.4) is 0 Å². The summed E-state index contributed by atoms with van der Waals surface area (Å²) in [5.41, 5.74) is -0.0584. The van der Waals surface area contributed by atoms with Crippen LogP contribution in [0.4, 0.5) is 13.2 Å². The fourth-order valence-electron chi connectivity index (χ4n) is 2.54. The predicted octanol–water partition coefficient (Wildman–Crippen LogP) is 4.62. The number of halogens is 4. The lowest BCUT2D eigenvalue weighted by molar-refractivity contribution is -0.137. The zero-order chi connectivity index (χ0) is 19.8. The summed E-state index contributed by atoms with van der Waals surface area (Å²) in [6.45, 7) is 1.52. The molecule has 0 saturated carbocycles. The van der Waals surface area contributed by atoms with E-state index in [4.69, 9.17) is 16.0 Å². The Hall–Kier alpha value is -2.10. The summed E-state index contributed by atoms with van der Waals surface area (Å²) in [7, 11) is -4.15. The fourth-order valence-corrected chi connectivity index (χ4v) is 4.26.